The summed E-state index contributed by atoms with van der Waals surface area (Å²) >= 11 is 1.64. The van der Waals surface area contributed by atoms with E-state index in [0.29, 0.717) is 0 Å². The van der Waals surface area contributed by atoms with Crippen LogP contribution in [-0.2, 0) is 0 Å². The van der Waals surface area contributed by atoms with Gasteiger partial charge >= 0.3 is 0 Å². The van der Waals surface area contributed by atoms with Crippen LogP contribution in [0.25, 0.3) is 0 Å². The Hall–Kier alpha value is -0.370. The zero-order valence-electron chi connectivity index (χ0n) is 3.98. The summed E-state index contributed by atoms with van der Waals surface area (Å²) in [5, 5.41) is 0.894. The molecule has 0 unspecified atom stereocenters. The van der Waals surface area contributed by atoms with Gasteiger partial charge in [-0.1, -0.05) is 6.58 Å². The van der Waals surface area contributed by atoms with E-state index in [2.05, 4.69) is 6.58 Å². The van der Waals surface area contributed by atoms with Gasteiger partial charge in [-0.3, -0.25) is 0 Å². The standard InChI is InChI=1S/C5H7NS/c1-4-2-5(6)7-3-4/h2H,1,3,6H2. The molecule has 0 saturated heterocycles. The average Bonchev–Trinajstić information content (AvgIpc) is 1.87. The van der Waals surface area contributed by atoms with Crippen molar-refractivity contribution in [3.8, 4) is 0 Å². The summed E-state index contributed by atoms with van der Waals surface area (Å²) in [6.07, 6.45) is 1.91. The van der Waals surface area contributed by atoms with Crippen LogP contribution in [0.5, 0.6) is 0 Å². The number of hydrogen-bond acceptors (Lipinski definition) is 2. The van der Waals surface area contributed by atoms with Gasteiger partial charge in [0.05, 0.1) is 5.03 Å². The van der Waals surface area contributed by atoms with Gasteiger partial charge in [0.25, 0.3) is 0 Å². The molecule has 0 aromatic carbocycles. The van der Waals surface area contributed by atoms with Crippen molar-refractivity contribution >= 4 is 11.8 Å². The van der Waals surface area contributed by atoms with E-state index in [4.69, 9.17) is 5.73 Å². The molecule has 1 heterocycles. The third kappa shape index (κ3) is 0.996. The van der Waals surface area contributed by atoms with E-state index in [1.807, 2.05) is 6.08 Å². The smallest absolute Gasteiger partial charge is 0.0661 e. The molecule has 7 heavy (non-hydrogen) atoms. The van der Waals surface area contributed by atoms with Crippen molar-refractivity contribution in [3.05, 3.63) is 23.3 Å². The first-order valence-electron chi connectivity index (χ1n) is 2.07. The summed E-state index contributed by atoms with van der Waals surface area (Å²) in [5.74, 6) is 0.978. The third-order valence-electron chi connectivity index (χ3n) is 0.771. The average molecular weight is 113 g/mol. The molecular weight excluding hydrogens is 106 g/mol. The fourth-order valence-corrected chi connectivity index (χ4v) is 1.15. The maximum absolute atomic E-state index is 5.39. The molecule has 2 heteroatoms. The van der Waals surface area contributed by atoms with Crippen molar-refractivity contribution in [1.82, 2.24) is 0 Å². The fourth-order valence-electron chi connectivity index (χ4n) is 0.461. The van der Waals surface area contributed by atoms with Gasteiger partial charge in [-0.05, 0) is 11.6 Å². The fraction of sp³-hybridized carbons (Fsp3) is 0.200. The Morgan fingerprint density at radius 1 is 1.86 bits per heavy atom. The first kappa shape index (κ1) is 4.78. The van der Waals surface area contributed by atoms with Crippen molar-refractivity contribution in [2.45, 2.75) is 0 Å². The molecule has 1 aliphatic rings. The number of rotatable bonds is 0. The molecule has 1 rings (SSSR count). The summed E-state index contributed by atoms with van der Waals surface area (Å²) in [5.41, 5.74) is 6.52. The molecule has 0 radical (unpaired) electrons. The van der Waals surface area contributed by atoms with Crippen LogP contribution in [-0.4, -0.2) is 5.75 Å². The van der Waals surface area contributed by atoms with Crippen LogP contribution in [0.4, 0.5) is 0 Å². The molecule has 2 N–H and O–H groups in total. The maximum atomic E-state index is 5.39. The Kier molecular flexibility index (Phi) is 1.11. The second kappa shape index (κ2) is 1.62. The van der Waals surface area contributed by atoms with Gasteiger partial charge in [-0.2, -0.15) is 0 Å². The van der Waals surface area contributed by atoms with Crippen molar-refractivity contribution in [3.63, 3.8) is 0 Å². The van der Waals surface area contributed by atoms with Crippen LogP contribution in [0.3, 0.4) is 0 Å². The molecule has 0 atom stereocenters. The van der Waals surface area contributed by atoms with Crippen LogP contribution in [0.15, 0.2) is 23.3 Å². The molecular formula is C5H7NS. The third-order valence-corrected chi connectivity index (χ3v) is 1.74. The lowest BCUT2D eigenvalue weighted by Gasteiger charge is -1.81. The lowest BCUT2D eigenvalue weighted by molar-refractivity contribution is 1.54. The molecule has 38 valence electrons. The molecule has 0 aliphatic carbocycles. The molecule has 0 aromatic heterocycles. The second-order valence-electron chi connectivity index (χ2n) is 1.49. The van der Waals surface area contributed by atoms with Gasteiger partial charge in [-0.25, -0.2) is 0 Å². The van der Waals surface area contributed by atoms with Gasteiger partial charge in [0.2, 0.25) is 0 Å². The van der Waals surface area contributed by atoms with E-state index in [1.165, 1.54) is 0 Å². The lowest BCUT2D eigenvalue weighted by atomic mass is 10.3. The summed E-state index contributed by atoms with van der Waals surface area (Å²) in [6.45, 7) is 3.73. The Labute approximate surface area is 47.3 Å². The number of nitrogens with two attached hydrogens (primary N) is 1. The van der Waals surface area contributed by atoms with Gasteiger partial charge in [0.1, 0.15) is 0 Å². The molecule has 0 spiro atoms. The molecule has 1 aliphatic heterocycles. The van der Waals surface area contributed by atoms with E-state index in [0.717, 1.165) is 16.4 Å². The van der Waals surface area contributed by atoms with E-state index >= 15 is 0 Å². The molecule has 0 amide bonds. The van der Waals surface area contributed by atoms with Crippen molar-refractivity contribution in [1.29, 1.82) is 0 Å². The van der Waals surface area contributed by atoms with E-state index in [-0.39, 0.29) is 0 Å². The molecule has 0 aromatic rings. The predicted molar refractivity (Wildman–Crippen MR) is 33.9 cm³/mol. The topological polar surface area (TPSA) is 26.0 Å². The summed E-state index contributed by atoms with van der Waals surface area (Å²) in [4.78, 5) is 0. The minimum Gasteiger partial charge on any atom is -0.394 e. The number of hydrogen-bond donors (Lipinski definition) is 1. The van der Waals surface area contributed by atoms with E-state index in [9.17, 15) is 0 Å². The summed E-state index contributed by atoms with van der Waals surface area (Å²) < 4.78 is 0. The van der Waals surface area contributed by atoms with Gasteiger partial charge in [0, 0.05) is 5.75 Å². The van der Waals surface area contributed by atoms with Crippen molar-refractivity contribution in [2.75, 3.05) is 5.75 Å². The zero-order chi connectivity index (χ0) is 5.28. The molecule has 0 saturated carbocycles. The predicted octanol–water partition coefficient (Wildman–Crippen LogP) is 1.09. The largest absolute Gasteiger partial charge is 0.394 e. The minimum atomic E-state index is 0.894. The highest BCUT2D eigenvalue weighted by Crippen LogP contribution is 2.22. The second-order valence-corrected chi connectivity index (χ2v) is 2.54. The highest BCUT2D eigenvalue weighted by atomic mass is 32.2. The quantitative estimate of drug-likeness (QED) is 0.509. The van der Waals surface area contributed by atoms with E-state index in [1.54, 1.807) is 11.8 Å². The minimum absolute atomic E-state index is 0.894. The number of thioether (sulfide) groups is 1. The SMILES string of the molecule is C=C1C=C(N)SC1. The Balaban J connectivity index is 2.67. The highest BCUT2D eigenvalue weighted by Gasteiger charge is 2.01. The Bertz CT molecular complexity index is 126. The van der Waals surface area contributed by atoms with Gasteiger partial charge in [-0.15, -0.1) is 11.8 Å². The summed E-state index contributed by atoms with van der Waals surface area (Å²) in [6, 6.07) is 0. The highest BCUT2D eigenvalue weighted by molar-refractivity contribution is 8.03. The Morgan fingerprint density at radius 2 is 2.57 bits per heavy atom. The zero-order valence-corrected chi connectivity index (χ0v) is 4.79. The van der Waals surface area contributed by atoms with Gasteiger partial charge in [0.15, 0.2) is 0 Å². The van der Waals surface area contributed by atoms with Gasteiger partial charge < -0.3 is 5.73 Å². The van der Waals surface area contributed by atoms with Crippen LogP contribution in [0, 0.1) is 0 Å². The first-order valence-corrected chi connectivity index (χ1v) is 3.05. The first-order chi connectivity index (χ1) is 3.29. The molecule has 0 fully saturated rings. The summed E-state index contributed by atoms with van der Waals surface area (Å²) in [7, 11) is 0. The normalized spacial score (nSPS) is 20.0. The number of allylic oxidation sites excluding steroid dienone is 1. The van der Waals surface area contributed by atoms with Crippen molar-refractivity contribution < 1.29 is 0 Å². The maximum Gasteiger partial charge on any atom is 0.0661 e. The lowest BCUT2D eigenvalue weighted by Crippen LogP contribution is -1.84. The van der Waals surface area contributed by atoms with Crippen LogP contribution in [0.1, 0.15) is 0 Å². The Morgan fingerprint density at radius 3 is 2.71 bits per heavy atom. The van der Waals surface area contributed by atoms with E-state index < -0.39 is 0 Å². The van der Waals surface area contributed by atoms with Crippen LogP contribution in [0.2, 0.25) is 0 Å². The monoisotopic (exact) mass is 113 g/mol. The molecule has 1 nitrogen and oxygen atoms in total. The molecule has 0 bridgehead atoms. The van der Waals surface area contributed by atoms with Crippen LogP contribution < -0.4 is 5.73 Å². The van der Waals surface area contributed by atoms with Crippen LogP contribution >= 0.6 is 11.8 Å². The van der Waals surface area contributed by atoms with Crippen molar-refractivity contribution in [2.24, 2.45) is 5.73 Å².